The highest BCUT2D eigenvalue weighted by atomic mass is 33.1. The zero-order chi connectivity index (χ0) is 36.5. The van der Waals surface area contributed by atoms with Crippen LogP contribution < -0.4 is 16.0 Å². The van der Waals surface area contributed by atoms with Crippen LogP contribution in [0.5, 0.6) is 0 Å². The minimum Gasteiger partial charge on any atom is -0.427 e. The number of cyclic esters (lactones) is 1. The zero-order valence-electron chi connectivity index (χ0n) is 31.7. The third-order valence-electron chi connectivity index (χ3n) is 14.8. The van der Waals surface area contributed by atoms with Crippen molar-refractivity contribution in [3.8, 4) is 0 Å². The van der Waals surface area contributed by atoms with E-state index in [9.17, 15) is 14.7 Å². The van der Waals surface area contributed by atoms with Gasteiger partial charge in [-0.15, -0.1) is 0 Å². The number of fused-ring (bicyclic) bond motifs is 3. The minimum atomic E-state index is -0.674. The molecule has 10 rings (SSSR count). The SMILES string of the molecule is CCC1(/C=C2\OC(=O)C3=C2CC[C@H]2[C@@H]4CC[C@@]5(C6=C4C4(CCCC4)C4=CCNC(=C4)NCSS[C@@H](NC[C@H](C)O)[C@H](C)C/C=C/5OC6=O)[C@@H]32)CCCC1. The van der Waals surface area contributed by atoms with Crippen LogP contribution >= 0.6 is 21.6 Å². The van der Waals surface area contributed by atoms with E-state index < -0.39 is 11.5 Å². The van der Waals surface area contributed by atoms with Crippen LogP contribution in [0.1, 0.15) is 111 Å². The van der Waals surface area contributed by atoms with Crippen molar-refractivity contribution in [1.82, 2.24) is 16.0 Å². The summed E-state index contributed by atoms with van der Waals surface area (Å²) in [5.41, 5.74) is 4.74. The molecule has 0 aromatic carbocycles. The number of allylic oxidation sites excluding steroid dienone is 7. The van der Waals surface area contributed by atoms with E-state index in [0.717, 1.165) is 124 Å². The first-order valence-corrected chi connectivity index (χ1v) is 23.0. The van der Waals surface area contributed by atoms with Crippen molar-refractivity contribution in [2.45, 2.75) is 122 Å². The molecule has 10 aliphatic rings. The van der Waals surface area contributed by atoms with Gasteiger partial charge in [0.25, 0.3) is 0 Å². The average Bonchev–Trinajstić information content (AvgIpc) is 3.96. The molecule has 0 aromatic rings. The van der Waals surface area contributed by atoms with Gasteiger partial charge in [-0.1, -0.05) is 67.2 Å². The number of rotatable bonds is 5. The number of esters is 2. The van der Waals surface area contributed by atoms with Gasteiger partial charge in [0, 0.05) is 35.6 Å². The monoisotopic (exact) mass is 759 g/mol. The summed E-state index contributed by atoms with van der Waals surface area (Å²) in [5, 5.41) is 21.1. The number of carbonyl (C=O) groups is 2. The number of nitrogens with one attached hydrogen (secondary N) is 3. The fourth-order valence-electron chi connectivity index (χ4n) is 12.3. The summed E-state index contributed by atoms with van der Waals surface area (Å²) in [7, 11) is 3.58. The Hall–Kier alpha value is -2.40. The van der Waals surface area contributed by atoms with E-state index in [0.29, 0.717) is 6.54 Å². The normalized spacial score (nSPS) is 38.0. The Balaban J connectivity index is 1.23. The maximum Gasteiger partial charge on any atom is 0.340 e. The molecule has 10 heteroatoms. The van der Waals surface area contributed by atoms with Crippen LogP contribution in [-0.4, -0.2) is 47.5 Å². The summed E-state index contributed by atoms with van der Waals surface area (Å²) in [6, 6.07) is 0. The Morgan fingerprint density at radius 1 is 1.04 bits per heavy atom. The van der Waals surface area contributed by atoms with E-state index in [4.69, 9.17) is 9.47 Å². The number of carbonyl (C=O) groups excluding carboxylic acids is 2. The van der Waals surface area contributed by atoms with Crippen LogP contribution in [0.3, 0.4) is 0 Å². The van der Waals surface area contributed by atoms with Crippen LogP contribution in [0, 0.1) is 39.9 Å². The molecular formula is C43H57N3O5S2. The third-order valence-corrected chi connectivity index (χ3v) is 17.4. The summed E-state index contributed by atoms with van der Waals surface area (Å²) in [6.07, 6.45) is 23.4. The number of dihydropyridines is 1. The number of ether oxygens (including phenoxy) is 2. The number of hydrogen-bond donors (Lipinski definition) is 4. The van der Waals surface area contributed by atoms with Crippen molar-refractivity contribution in [3.05, 3.63) is 69.5 Å². The first kappa shape index (κ1) is 36.3. The maximum absolute atomic E-state index is 14.8. The fourth-order valence-corrected chi connectivity index (χ4v) is 14.8. The van der Waals surface area contributed by atoms with Gasteiger partial charge in [0.2, 0.25) is 0 Å². The van der Waals surface area contributed by atoms with E-state index in [2.05, 4.69) is 54.1 Å². The second-order valence-electron chi connectivity index (χ2n) is 17.6. The summed E-state index contributed by atoms with van der Waals surface area (Å²) in [6.45, 7) is 7.59. The first-order chi connectivity index (χ1) is 25.7. The van der Waals surface area contributed by atoms with Gasteiger partial charge >= 0.3 is 11.9 Å². The molecule has 1 saturated heterocycles. The van der Waals surface area contributed by atoms with Gasteiger partial charge in [-0.3, -0.25) is 0 Å². The van der Waals surface area contributed by atoms with E-state index in [1.54, 1.807) is 21.6 Å². The van der Waals surface area contributed by atoms with E-state index in [1.165, 1.54) is 24.0 Å². The topological polar surface area (TPSA) is 109 Å². The Morgan fingerprint density at radius 3 is 2.60 bits per heavy atom. The summed E-state index contributed by atoms with van der Waals surface area (Å²) in [5.74, 6) is 3.55. The second-order valence-corrected chi connectivity index (χ2v) is 20.1. The average molecular weight is 760 g/mol. The van der Waals surface area contributed by atoms with Crippen molar-refractivity contribution in [2.24, 2.45) is 39.9 Å². The van der Waals surface area contributed by atoms with Crippen LogP contribution in [0.15, 0.2) is 69.5 Å². The van der Waals surface area contributed by atoms with Gasteiger partial charge in [-0.2, -0.15) is 0 Å². The van der Waals surface area contributed by atoms with E-state index >= 15 is 0 Å². The minimum absolute atomic E-state index is 0.0738. The smallest absolute Gasteiger partial charge is 0.340 e. The Kier molecular flexibility index (Phi) is 9.55. The highest BCUT2D eigenvalue weighted by Crippen LogP contribution is 2.74. The molecule has 4 fully saturated rings. The molecule has 286 valence electrons. The number of hydrogen-bond acceptors (Lipinski definition) is 10. The number of aliphatic hydroxyl groups is 1. The molecule has 3 saturated carbocycles. The summed E-state index contributed by atoms with van der Waals surface area (Å²) in [4.78, 5) is 29.2. The van der Waals surface area contributed by atoms with Crippen molar-refractivity contribution in [2.75, 3.05) is 19.0 Å². The van der Waals surface area contributed by atoms with Crippen molar-refractivity contribution in [1.29, 1.82) is 0 Å². The van der Waals surface area contributed by atoms with Gasteiger partial charge < -0.3 is 30.5 Å². The van der Waals surface area contributed by atoms with Gasteiger partial charge in [-0.25, -0.2) is 9.59 Å². The molecule has 4 N–H and O–H groups in total. The van der Waals surface area contributed by atoms with Crippen molar-refractivity contribution in [3.63, 3.8) is 0 Å². The standard InChI is InChI=1S/C43H57N3O5S2/c1-4-41(15-5-6-16-41)22-31-30-11-10-28-29-13-19-43(35(28)34(30)39(48)50-31)32-12-9-25(2)38(45-23-26(3)47)53-52-24-46-33-21-27(14-20-44-33)42(17-7-8-18-42)36(29)37(43)40(49)51-32/h12,14,21-22,25-26,28-29,35,38,44-47H,4-11,13,15-20,23-24H2,1-3H3/b31-22-,32-12-/t25-,26+,28+,29+,35-,38-,43+/m1/s1. The largest absolute Gasteiger partial charge is 0.427 e. The predicted molar refractivity (Wildman–Crippen MR) is 210 cm³/mol. The predicted octanol–water partition coefficient (Wildman–Crippen LogP) is 8.06. The van der Waals surface area contributed by atoms with Gasteiger partial charge in [0.05, 0.1) is 34.2 Å². The molecule has 2 spiro atoms. The molecule has 7 bridgehead atoms. The van der Waals surface area contributed by atoms with E-state index in [-0.39, 0.29) is 51.8 Å². The first-order valence-electron chi connectivity index (χ1n) is 20.7. The lowest BCUT2D eigenvalue weighted by Gasteiger charge is -2.59. The van der Waals surface area contributed by atoms with E-state index in [1.807, 2.05) is 6.92 Å². The zero-order valence-corrected chi connectivity index (χ0v) is 33.3. The van der Waals surface area contributed by atoms with Crippen LogP contribution in [0.2, 0.25) is 0 Å². The molecule has 4 aliphatic heterocycles. The maximum atomic E-state index is 14.8. The Morgan fingerprint density at radius 2 is 1.83 bits per heavy atom. The summed E-state index contributed by atoms with van der Waals surface area (Å²) >= 11 is 0. The lowest BCUT2D eigenvalue weighted by atomic mass is 9.42. The quantitative estimate of drug-likeness (QED) is 0.162. The van der Waals surface area contributed by atoms with Gasteiger partial charge in [0.15, 0.2) is 0 Å². The van der Waals surface area contributed by atoms with Crippen LogP contribution in [0.25, 0.3) is 0 Å². The molecule has 4 heterocycles. The molecule has 8 nitrogen and oxygen atoms in total. The van der Waals surface area contributed by atoms with Crippen molar-refractivity contribution < 1.29 is 24.2 Å². The lowest BCUT2D eigenvalue weighted by molar-refractivity contribution is -0.135. The summed E-state index contributed by atoms with van der Waals surface area (Å²) < 4.78 is 13.0. The fraction of sp³-hybridized carbons (Fsp3) is 0.674. The third kappa shape index (κ3) is 5.77. The second kappa shape index (κ2) is 14.0. The molecule has 0 aromatic heterocycles. The molecular weight excluding hydrogens is 703 g/mol. The highest BCUT2D eigenvalue weighted by Gasteiger charge is 2.70. The lowest BCUT2D eigenvalue weighted by Crippen LogP contribution is -2.54. The molecule has 53 heavy (non-hydrogen) atoms. The van der Waals surface area contributed by atoms with Crippen LogP contribution in [0.4, 0.5) is 0 Å². The molecule has 0 amide bonds. The van der Waals surface area contributed by atoms with Gasteiger partial charge in [-0.05, 0) is 124 Å². The molecule has 0 radical (unpaired) electrons. The van der Waals surface area contributed by atoms with Gasteiger partial charge in [0.1, 0.15) is 11.5 Å². The van der Waals surface area contributed by atoms with Crippen LogP contribution in [-0.2, 0) is 19.1 Å². The van der Waals surface area contributed by atoms with Crippen molar-refractivity contribution >= 4 is 33.5 Å². The highest BCUT2D eigenvalue weighted by molar-refractivity contribution is 8.76. The molecule has 6 aliphatic carbocycles. The Labute approximate surface area is 323 Å². The number of aliphatic hydroxyl groups excluding tert-OH is 1. The molecule has 0 unspecified atom stereocenters. The Bertz CT molecular complexity index is 1740. The molecule has 7 atom stereocenters.